The first-order valence-corrected chi connectivity index (χ1v) is 5.36. The molecule has 1 aromatic carbocycles. The van der Waals surface area contributed by atoms with Gasteiger partial charge in [-0.1, -0.05) is 30.3 Å². The smallest absolute Gasteiger partial charge is 0.322 e. The van der Waals surface area contributed by atoms with Gasteiger partial charge in [0, 0.05) is 6.42 Å². The fourth-order valence-corrected chi connectivity index (χ4v) is 1.45. The molecule has 18 heavy (non-hydrogen) atoms. The molecule has 1 rings (SSSR count). The normalized spacial score (nSPS) is 11.3. The van der Waals surface area contributed by atoms with Gasteiger partial charge in [-0.3, -0.25) is 14.4 Å². The maximum atomic E-state index is 11.6. The summed E-state index contributed by atoms with van der Waals surface area (Å²) in [7, 11) is 0. The Balaban J connectivity index is 2.61. The Labute approximate surface area is 104 Å². The first-order valence-electron chi connectivity index (χ1n) is 5.36. The zero-order valence-corrected chi connectivity index (χ0v) is 9.63. The zero-order valence-electron chi connectivity index (χ0n) is 9.63. The highest BCUT2D eigenvalue weighted by Crippen LogP contribution is 2.03. The number of carbonyl (C=O) groups excluding carboxylic acids is 2. The number of carbonyl (C=O) groups is 3. The molecule has 0 aromatic heterocycles. The van der Waals surface area contributed by atoms with E-state index in [0.29, 0.717) is 12.8 Å². The minimum absolute atomic E-state index is 0.311. The fourth-order valence-electron chi connectivity index (χ4n) is 1.45. The molecular weight excluding hydrogens is 236 g/mol. The average Bonchev–Trinajstić information content (AvgIpc) is 2.36. The summed E-state index contributed by atoms with van der Waals surface area (Å²) in [6.07, 6.45) is 0.735. The van der Waals surface area contributed by atoms with Gasteiger partial charge >= 0.3 is 5.97 Å². The van der Waals surface area contributed by atoms with Gasteiger partial charge in [0.15, 0.2) is 0 Å². The third-order valence-corrected chi connectivity index (χ3v) is 2.28. The molecule has 3 N–H and O–H groups in total. The standard InChI is InChI=1S/C12H14N2O4/c15-8-14-10(12(18)13-7-11(16)17)6-9-4-2-1-3-5-9/h1-5,8,10H,6-7H2,(H,13,18)(H,14,15)(H,16,17). The number of hydrogen-bond acceptors (Lipinski definition) is 3. The lowest BCUT2D eigenvalue weighted by atomic mass is 10.1. The molecule has 0 aliphatic carbocycles. The zero-order chi connectivity index (χ0) is 13.4. The third kappa shape index (κ3) is 4.65. The van der Waals surface area contributed by atoms with E-state index >= 15 is 0 Å². The number of carboxylic acid groups (broad SMARTS) is 1. The Bertz CT molecular complexity index is 419. The highest BCUT2D eigenvalue weighted by Gasteiger charge is 2.18. The van der Waals surface area contributed by atoms with E-state index in [1.807, 2.05) is 30.3 Å². The van der Waals surface area contributed by atoms with Crippen molar-refractivity contribution in [1.29, 1.82) is 0 Å². The van der Waals surface area contributed by atoms with Gasteiger partial charge in [0.2, 0.25) is 12.3 Å². The van der Waals surface area contributed by atoms with Crippen LogP contribution in [0, 0.1) is 0 Å². The lowest BCUT2D eigenvalue weighted by Crippen LogP contribution is -2.46. The van der Waals surface area contributed by atoms with Crippen LogP contribution < -0.4 is 10.6 Å². The predicted octanol–water partition coefficient (Wildman–Crippen LogP) is -0.456. The molecule has 6 nitrogen and oxygen atoms in total. The van der Waals surface area contributed by atoms with Crippen LogP contribution in [0.15, 0.2) is 30.3 Å². The summed E-state index contributed by atoms with van der Waals surface area (Å²) >= 11 is 0. The molecule has 0 heterocycles. The van der Waals surface area contributed by atoms with Gasteiger partial charge in [0.05, 0.1) is 0 Å². The molecule has 6 heteroatoms. The number of benzene rings is 1. The third-order valence-electron chi connectivity index (χ3n) is 2.28. The minimum atomic E-state index is -1.13. The SMILES string of the molecule is O=CNC(Cc1ccccc1)C(=O)NCC(=O)O. The van der Waals surface area contributed by atoms with Crippen molar-refractivity contribution >= 4 is 18.3 Å². The molecule has 1 unspecified atom stereocenters. The van der Waals surface area contributed by atoms with Crippen molar-refractivity contribution in [1.82, 2.24) is 10.6 Å². The molecule has 1 atom stereocenters. The monoisotopic (exact) mass is 250 g/mol. The highest BCUT2D eigenvalue weighted by atomic mass is 16.4. The second-order valence-corrected chi connectivity index (χ2v) is 3.64. The van der Waals surface area contributed by atoms with E-state index in [4.69, 9.17) is 5.11 Å². The summed E-state index contributed by atoms with van der Waals surface area (Å²) < 4.78 is 0. The average molecular weight is 250 g/mol. The maximum Gasteiger partial charge on any atom is 0.322 e. The van der Waals surface area contributed by atoms with Crippen molar-refractivity contribution < 1.29 is 19.5 Å². The molecule has 0 spiro atoms. The van der Waals surface area contributed by atoms with Gasteiger partial charge in [-0.25, -0.2) is 0 Å². The molecule has 0 radical (unpaired) electrons. The summed E-state index contributed by atoms with van der Waals surface area (Å²) in [5.74, 6) is -1.65. The Kier molecular flexibility index (Phi) is 5.37. The maximum absolute atomic E-state index is 11.6. The van der Waals surface area contributed by atoms with Gasteiger partial charge in [-0.2, -0.15) is 0 Å². The van der Waals surface area contributed by atoms with Gasteiger partial charge in [-0.05, 0) is 5.56 Å². The number of aliphatic carboxylic acids is 1. The van der Waals surface area contributed by atoms with Crippen LogP contribution in [0.5, 0.6) is 0 Å². The van der Waals surface area contributed by atoms with E-state index < -0.39 is 24.5 Å². The Hall–Kier alpha value is -2.37. The molecule has 1 aromatic rings. The molecule has 0 aliphatic heterocycles. The number of nitrogens with one attached hydrogen (secondary N) is 2. The van der Waals surface area contributed by atoms with Crippen molar-refractivity contribution in [2.45, 2.75) is 12.5 Å². The predicted molar refractivity (Wildman–Crippen MR) is 63.8 cm³/mol. The highest BCUT2D eigenvalue weighted by molar-refractivity contribution is 5.86. The lowest BCUT2D eigenvalue weighted by Gasteiger charge is -2.15. The van der Waals surface area contributed by atoms with Crippen molar-refractivity contribution in [2.24, 2.45) is 0 Å². The van der Waals surface area contributed by atoms with E-state index in [1.54, 1.807) is 0 Å². The van der Waals surface area contributed by atoms with Crippen LogP contribution in [0.25, 0.3) is 0 Å². The lowest BCUT2D eigenvalue weighted by molar-refractivity contribution is -0.138. The quantitative estimate of drug-likeness (QED) is 0.571. The molecular formula is C12H14N2O4. The number of hydrogen-bond donors (Lipinski definition) is 3. The summed E-state index contributed by atoms with van der Waals surface area (Å²) in [5, 5.41) is 13.1. The van der Waals surface area contributed by atoms with Gasteiger partial charge in [-0.15, -0.1) is 0 Å². The van der Waals surface area contributed by atoms with Crippen LogP contribution in [0.2, 0.25) is 0 Å². The molecule has 0 saturated heterocycles. The Morgan fingerprint density at radius 3 is 2.50 bits per heavy atom. The molecule has 0 saturated carbocycles. The van der Waals surface area contributed by atoms with Crippen LogP contribution in [-0.4, -0.2) is 36.0 Å². The van der Waals surface area contributed by atoms with Crippen LogP contribution in [0.4, 0.5) is 0 Å². The largest absolute Gasteiger partial charge is 0.480 e. The Morgan fingerprint density at radius 2 is 1.94 bits per heavy atom. The van der Waals surface area contributed by atoms with Crippen LogP contribution in [0.1, 0.15) is 5.56 Å². The van der Waals surface area contributed by atoms with E-state index in [-0.39, 0.29) is 0 Å². The minimum Gasteiger partial charge on any atom is -0.480 e. The summed E-state index contributed by atoms with van der Waals surface area (Å²) in [6, 6.07) is 8.36. The summed E-state index contributed by atoms with van der Waals surface area (Å²) in [6.45, 7) is -0.468. The summed E-state index contributed by atoms with van der Waals surface area (Å²) in [5.41, 5.74) is 0.877. The van der Waals surface area contributed by atoms with Crippen molar-refractivity contribution in [3.63, 3.8) is 0 Å². The van der Waals surface area contributed by atoms with Gasteiger partial charge < -0.3 is 15.7 Å². The first kappa shape index (κ1) is 13.7. The van der Waals surface area contributed by atoms with Crippen LogP contribution >= 0.6 is 0 Å². The molecule has 96 valence electrons. The van der Waals surface area contributed by atoms with E-state index in [2.05, 4.69) is 10.6 Å². The van der Waals surface area contributed by atoms with Crippen LogP contribution in [-0.2, 0) is 20.8 Å². The molecule has 0 aliphatic rings. The van der Waals surface area contributed by atoms with E-state index in [0.717, 1.165) is 5.56 Å². The van der Waals surface area contributed by atoms with E-state index in [1.165, 1.54) is 0 Å². The van der Waals surface area contributed by atoms with Crippen molar-refractivity contribution in [3.8, 4) is 0 Å². The first-order chi connectivity index (χ1) is 8.63. The number of amides is 2. The van der Waals surface area contributed by atoms with Crippen LogP contribution in [0.3, 0.4) is 0 Å². The second kappa shape index (κ2) is 7.05. The van der Waals surface area contributed by atoms with Crippen molar-refractivity contribution in [3.05, 3.63) is 35.9 Å². The second-order valence-electron chi connectivity index (χ2n) is 3.64. The number of carboxylic acids is 1. The van der Waals surface area contributed by atoms with Gasteiger partial charge in [0.25, 0.3) is 0 Å². The molecule has 0 fully saturated rings. The molecule has 2 amide bonds. The Morgan fingerprint density at radius 1 is 1.28 bits per heavy atom. The summed E-state index contributed by atoms with van der Waals surface area (Å²) in [4.78, 5) is 32.4. The van der Waals surface area contributed by atoms with Crippen molar-refractivity contribution in [2.75, 3.05) is 6.54 Å². The number of rotatable bonds is 7. The van der Waals surface area contributed by atoms with Gasteiger partial charge in [0.1, 0.15) is 12.6 Å². The van der Waals surface area contributed by atoms with E-state index in [9.17, 15) is 14.4 Å². The topological polar surface area (TPSA) is 95.5 Å². The molecule has 0 bridgehead atoms. The fraction of sp³-hybridized carbons (Fsp3) is 0.250.